The van der Waals surface area contributed by atoms with E-state index in [-0.39, 0.29) is 0 Å². The number of nitrogen functional groups attached to an aromatic ring is 1. The number of halogens is 1. The van der Waals surface area contributed by atoms with Crippen LogP contribution >= 0.6 is 15.9 Å². The fourth-order valence-corrected chi connectivity index (χ4v) is 4.15. The molecule has 1 aliphatic carbocycles. The fourth-order valence-electron chi connectivity index (χ4n) is 3.75. The number of fused-ring (bicyclic) bond motifs is 1. The molecule has 6 heteroatoms. The molecule has 0 aliphatic heterocycles. The number of hydrogen-bond donors (Lipinski definition) is 1. The molecule has 0 spiro atoms. The van der Waals surface area contributed by atoms with Crippen LogP contribution < -0.4 is 10.5 Å². The standard InChI is InChI=1S/C23H21BrN4O/c24-19-10-2-1-5-17(19)14-29-18-9-4-8-16(13-18)20-21-22(25)26-11-12-28(21)23(27-20)15-6-3-7-15/h1-2,4-5,8-13,15H,3,6-7,14H2,(H2,25,26). The molecule has 1 saturated carbocycles. The highest BCUT2D eigenvalue weighted by Crippen LogP contribution is 2.39. The van der Waals surface area contributed by atoms with Gasteiger partial charge in [0.1, 0.15) is 35.2 Å². The van der Waals surface area contributed by atoms with Crippen molar-refractivity contribution in [1.29, 1.82) is 0 Å². The van der Waals surface area contributed by atoms with Crippen molar-refractivity contribution in [3.63, 3.8) is 0 Å². The van der Waals surface area contributed by atoms with Crippen LogP contribution in [0.3, 0.4) is 0 Å². The van der Waals surface area contributed by atoms with Gasteiger partial charge in [-0.25, -0.2) is 9.97 Å². The topological polar surface area (TPSA) is 65.4 Å². The van der Waals surface area contributed by atoms with Gasteiger partial charge >= 0.3 is 0 Å². The van der Waals surface area contributed by atoms with E-state index in [1.807, 2.05) is 54.7 Å². The fraction of sp³-hybridized carbons (Fsp3) is 0.217. The first-order valence-corrected chi connectivity index (χ1v) is 10.6. The Balaban J connectivity index is 1.51. The van der Waals surface area contributed by atoms with Crippen LogP contribution in [0.15, 0.2) is 65.4 Å². The smallest absolute Gasteiger partial charge is 0.150 e. The number of aromatic nitrogens is 3. The number of ether oxygens (including phenoxy) is 1. The molecule has 146 valence electrons. The van der Waals surface area contributed by atoms with Gasteiger partial charge in [-0.15, -0.1) is 0 Å². The van der Waals surface area contributed by atoms with Crippen LogP contribution in [0, 0.1) is 0 Å². The summed E-state index contributed by atoms with van der Waals surface area (Å²) in [6.45, 7) is 0.492. The maximum Gasteiger partial charge on any atom is 0.150 e. The largest absolute Gasteiger partial charge is 0.489 e. The van der Waals surface area contributed by atoms with Crippen molar-refractivity contribution < 1.29 is 4.74 Å². The molecular formula is C23H21BrN4O. The Morgan fingerprint density at radius 1 is 1.14 bits per heavy atom. The molecule has 5 rings (SSSR count). The first-order valence-electron chi connectivity index (χ1n) is 9.80. The lowest BCUT2D eigenvalue weighted by Crippen LogP contribution is -2.12. The molecule has 2 heterocycles. The molecular weight excluding hydrogens is 428 g/mol. The van der Waals surface area contributed by atoms with Crippen molar-refractivity contribution in [3.05, 3.63) is 76.8 Å². The Bertz CT molecular complexity index is 1180. The van der Waals surface area contributed by atoms with E-state index < -0.39 is 0 Å². The number of anilines is 1. The number of hydrogen-bond acceptors (Lipinski definition) is 4. The van der Waals surface area contributed by atoms with Crippen molar-refractivity contribution in [1.82, 2.24) is 14.4 Å². The van der Waals surface area contributed by atoms with Crippen LogP contribution in [0.4, 0.5) is 5.82 Å². The molecule has 1 aliphatic rings. The van der Waals surface area contributed by atoms with Crippen LogP contribution in [-0.2, 0) is 6.61 Å². The van der Waals surface area contributed by atoms with Crippen LogP contribution in [0.25, 0.3) is 16.8 Å². The van der Waals surface area contributed by atoms with Gasteiger partial charge in [-0.2, -0.15) is 0 Å². The second-order valence-electron chi connectivity index (χ2n) is 7.39. The van der Waals surface area contributed by atoms with E-state index >= 15 is 0 Å². The molecule has 0 amide bonds. The second kappa shape index (κ2) is 7.52. The predicted molar refractivity (Wildman–Crippen MR) is 118 cm³/mol. The first kappa shape index (κ1) is 18.2. The van der Waals surface area contributed by atoms with Gasteiger partial charge in [0, 0.05) is 33.9 Å². The maximum atomic E-state index is 6.25. The minimum absolute atomic E-state index is 0.492. The summed E-state index contributed by atoms with van der Waals surface area (Å²) in [4.78, 5) is 9.29. The van der Waals surface area contributed by atoms with Crippen molar-refractivity contribution in [2.75, 3.05) is 5.73 Å². The number of nitrogens with two attached hydrogens (primary N) is 1. The zero-order valence-electron chi connectivity index (χ0n) is 15.9. The highest BCUT2D eigenvalue weighted by atomic mass is 79.9. The molecule has 0 radical (unpaired) electrons. The summed E-state index contributed by atoms with van der Waals surface area (Å²) in [6.07, 6.45) is 7.32. The first-order chi connectivity index (χ1) is 14.2. The Labute approximate surface area is 177 Å². The number of rotatable bonds is 5. The minimum atomic E-state index is 0.492. The van der Waals surface area contributed by atoms with Crippen molar-refractivity contribution >= 4 is 27.3 Å². The Hall–Kier alpha value is -2.86. The van der Waals surface area contributed by atoms with Gasteiger partial charge in [-0.05, 0) is 31.0 Å². The van der Waals surface area contributed by atoms with Gasteiger partial charge in [0.05, 0.1) is 0 Å². The molecule has 2 N–H and O–H groups in total. The summed E-state index contributed by atoms with van der Waals surface area (Å²) in [5.41, 5.74) is 10.1. The van der Waals surface area contributed by atoms with Gasteiger partial charge in [0.15, 0.2) is 0 Å². The van der Waals surface area contributed by atoms with E-state index in [1.165, 1.54) is 19.3 Å². The highest BCUT2D eigenvalue weighted by Gasteiger charge is 2.26. The van der Waals surface area contributed by atoms with Gasteiger partial charge in [0.2, 0.25) is 0 Å². The molecule has 0 atom stereocenters. The minimum Gasteiger partial charge on any atom is -0.489 e. The van der Waals surface area contributed by atoms with Crippen molar-refractivity contribution in [3.8, 4) is 17.0 Å². The van der Waals surface area contributed by atoms with Gasteiger partial charge < -0.3 is 10.5 Å². The van der Waals surface area contributed by atoms with Crippen LogP contribution in [0.2, 0.25) is 0 Å². The third kappa shape index (κ3) is 3.38. The lowest BCUT2D eigenvalue weighted by atomic mass is 9.85. The molecule has 4 aromatic rings. The number of benzene rings is 2. The Kier molecular flexibility index (Phi) is 4.72. The zero-order valence-corrected chi connectivity index (χ0v) is 17.5. The molecule has 2 aromatic carbocycles. The summed E-state index contributed by atoms with van der Waals surface area (Å²) in [6, 6.07) is 16.1. The average molecular weight is 449 g/mol. The van der Waals surface area contributed by atoms with Crippen LogP contribution in [0.5, 0.6) is 5.75 Å². The number of nitrogens with zero attached hydrogens (tertiary/aromatic N) is 3. The predicted octanol–water partition coefficient (Wildman–Crippen LogP) is 5.59. The molecule has 5 nitrogen and oxygen atoms in total. The maximum absolute atomic E-state index is 6.25. The Morgan fingerprint density at radius 2 is 2.00 bits per heavy atom. The summed E-state index contributed by atoms with van der Waals surface area (Å²) < 4.78 is 9.20. The van der Waals surface area contributed by atoms with E-state index in [2.05, 4.69) is 25.3 Å². The van der Waals surface area contributed by atoms with Gasteiger partial charge in [-0.1, -0.05) is 52.7 Å². The van der Waals surface area contributed by atoms with E-state index in [1.54, 1.807) is 6.20 Å². The van der Waals surface area contributed by atoms with Crippen molar-refractivity contribution in [2.24, 2.45) is 0 Å². The van der Waals surface area contributed by atoms with E-state index in [0.717, 1.165) is 38.4 Å². The quantitative estimate of drug-likeness (QED) is 0.432. The zero-order chi connectivity index (χ0) is 19.8. The monoisotopic (exact) mass is 448 g/mol. The Morgan fingerprint density at radius 3 is 2.79 bits per heavy atom. The molecule has 29 heavy (non-hydrogen) atoms. The highest BCUT2D eigenvalue weighted by molar-refractivity contribution is 9.10. The molecule has 2 aromatic heterocycles. The van der Waals surface area contributed by atoms with E-state index in [0.29, 0.717) is 18.3 Å². The third-order valence-corrected chi connectivity index (χ3v) is 6.31. The third-order valence-electron chi connectivity index (χ3n) is 5.54. The SMILES string of the molecule is Nc1nccn2c(C3CCC3)nc(-c3cccc(OCc4ccccc4Br)c3)c12. The summed E-state index contributed by atoms with van der Waals surface area (Å²) in [5.74, 6) is 2.87. The summed E-state index contributed by atoms with van der Waals surface area (Å²) in [7, 11) is 0. The molecule has 0 saturated heterocycles. The van der Waals surface area contributed by atoms with Crippen molar-refractivity contribution in [2.45, 2.75) is 31.8 Å². The lowest BCUT2D eigenvalue weighted by Gasteiger charge is -2.23. The second-order valence-corrected chi connectivity index (χ2v) is 8.24. The van der Waals surface area contributed by atoms with Gasteiger partial charge in [0.25, 0.3) is 0 Å². The lowest BCUT2D eigenvalue weighted by molar-refractivity contribution is 0.305. The molecule has 1 fully saturated rings. The van der Waals surface area contributed by atoms with E-state index in [4.69, 9.17) is 15.5 Å². The molecule has 0 unspecified atom stereocenters. The van der Waals surface area contributed by atoms with Gasteiger partial charge in [-0.3, -0.25) is 4.40 Å². The normalized spacial score (nSPS) is 14.1. The number of imidazole rings is 1. The summed E-state index contributed by atoms with van der Waals surface area (Å²) in [5, 5.41) is 0. The molecule has 0 bridgehead atoms. The average Bonchev–Trinajstić information content (AvgIpc) is 3.07. The summed E-state index contributed by atoms with van der Waals surface area (Å²) >= 11 is 3.57. The van der Waals surface area contributed by atoms with E-state index in [9.17, 15) is 0 Å². The van der Waals surface area contributed by atoms with Crippen LogP contribution in [0.1, 0.15) is 36.6 Å². The van der Waals surface area contributed by atoms with Crippen LogP contribution in [-0.4, -0.2) is 14.4 Å².